The number of allylic oxidation sites excluding steroid dienone is 3. The lowest BCUT2D eigenvalue weighted by Crippen LogP contribution is -2.29. The Morgan fingerprint density at radius 2 is 1.71 bits per heavy atom. The van der Waals surface area contributed by atoms with Gasteiger partial charge in [-0.15, -0.1) is 0 Å². The number of hydrogen-bond acceptors (Lipinski definition) is 1. The van der Waals surface area contributed by atoms with Gasteiger partial charge in [0.15, 0.2) is 5.78 Å². The minimum absolute atomic E-state index is 0.0756. The first-order chi connectivity index (χ1) is 8.24. The molecule has 1 aromatic rings. The van der Waals surface area contributed by atoms with Gasteiger partial charge in [0.2, 0.25) is 0 Å². The maximum Gasteiger partial charge on any atom is 0.166 e. The molecule has 0 heterocycles. The molecular formula is C15H13FO. The Morgan fingerprint density at radius 3 is 2.29 bits per heavy atom. The normalized spacial score (nSPS) is 29.0. The SMILES string of the molecule is O=C1C(=Cc2ccc(F)cc2)C2C=CC1CC2. The van der Waals surface area contributed by atoms with Gasteiger partial charge in [0.05, 0.1) is 0 Å². The molecule has 3 aliphatic rings. The van der Waals surface area contributed by atoms with Crippen LogP contribution >= 0.6 is 0 Å². The van der Waals surface area contributed by atoms with E-state index >= 15 is 0 Å². The van der Waals surface area contributed by atoms with Gasteiger partial charge in [-0.3, -0.25) is 4.79 Å². The number of benzene rings is 1. The van der Waals surface area contributed by atoms with Crippen LogP contribution in [0.25, 0.3) is 6.08 Å². The molecule has 0 aromatic heterocycles. The van der Waals surface area contributed by atoms with Crippen molar-refractivity contribution in [2.24, 2.45) is 11.8 Å². The van der Waals surface area contributed by atoms with Crippen molar-refractivity contribution < 1.29 is 9.18 Å². The first kappa shape index (κ1) is 10.5. The third-order valence-corrected chi connectivity index (χ3v) is 3.58. The highest BCUT2D eigenvalue weighted by Gasteiger charge is 2.34. The van der Waals surface area contributed by atoms with Crippen molar-refractivity contribution >= 4 is 11.9 Å². The fraction of sp³-hybridized carbons (Fsp3) is 0.267. The molecule has 2 atom stereocenters. The van der Waals surface area contributed by atoms with Crippen molar-refractivity contribution in [1.29, 1.82) is 0 Å². The molecule has 1 aromatic carbocycles. The van der Waals surface area contributed by atoms with E-state index in [0.29, 0.717) is 0 Å². The highest BCUT2D eigenvalue weighted by molar-refractivity contribution is 6.04. The van der Waals surface area contributed by atoms with Crippen molar-refractivity contribution in [2.45, 2.75) is 12.8 Å². The van der Waals surface area contributed by atoms with Crippen molar-refractivity contribution in [2.75, 3.05) is 0 Å². The Labute approximate surface area is 99.7 Å². The predicted octanol–water partition coefficient (Wildman–Crippen LogP) is 3.37. The smallest absolute Gasteiger partial charge is 0.166 e. The van der Waals surface area contributed by atoms with Crippen molar-refractivity contribution in [3.8, 4) is 0 Å². The molecular weight excluding hydrogens is 215 g/mol. The van der Waals surface area contributed by atoms with Gasteiger partial charge in [0, 0.05) is 17.4 Å². The van der Waals surface area contributed by atoms with E-state index in [2.05, 4.69) is 6.08 Å². The molecule has 0 aliphatic heterocycles. The molecule has 0 spiro atoms. The van der Waals surface area contributed by atoms with Crippen molar-refractivity contribution in [1.82, 2.24) is 0 Å². The summed E-state index contributed by atoms with van der Waals surface area (Å²) < 4.78 is 12.8. The minimum Gasteiger partial charge on any atom is -0.294 e. The average Bonchev–Trinajstić information content (AvgIpc) is 2.37. The summed E-state index contributed by atoms with van der Waals surface area (Å²) >= 11 is 0. The second-order valence-corrected chi connectivity index (χ2v) is 4.69. The molecule has 4 rings (SSSR count). The van der Waals surface area contributed by atoms with Crippen LogP contribution in [0.3, 0.4) is 0 Å². The number of carbonyl (C=O) groups is 1. The van der Waals surface area contributed by atoms with Gasteiger partial charge >= 0.3 is 0 Å². The minimum atomic E-state index is -0.247. The van der Waals surface area contributed by atoms with Crippen molar-refractivity contribution in [3.05, 3.63) is 53.4 Å². The topological polar surface area (TPSA) is 17.1 Å². The predicted molar refractivity (Wildman–Crippen MR) is 64.7 cm³/mol. The third kappa shape index (κ3) is 1.84. The van der Waals surface area contributed by atoms with Gasteiger partial charge in [0.25, 0.3) is 0 Å². The average molecular weight is 228 g/mol. The summed E-state index contributed by atoms with van der Waals surface area (Å²) in [5.74, 6) is 0.334. The fourth-order valence-corrected chi connectivity index (χ4v) is 2.61. The van der Waals surface area contributed by atoms with Gasteiger partial charge in [-0.2, -0.15) is 0 Å². The summed E-state index contributed by atoms with van der Waals surface area (Å²) in [5.41, 5.74) is 1.78. The number of rotatable bonds is 1. The van der Waals surface area contributed by atoms with E-state index in [1.807, 2.05) is 12.2 Å². The molecule has 1 fully saturated rings. The van der Waals surface area contributed by atoms with Crippen LogP contribution in [0, 0.1) is 17.7 Å². The monoisotopic (exact) mass is 228 g/mol. The lowest BCUT2D eigenvalue weighted by atomic mass is 9.71. The zero-order chi connectivity index (χ0) is 11.8. The molecule has 0 N–H and O–H groups in total. The van der Waals surface area contributed by atoms with E-state index < -0.39 is 0 Å². The zero-order valence-electron chi connectivity index (χ0n) is 9.40. The molecule has 0 amide bonds. The standard InChI is InChI=1S/C15H13FO/c16-13-7-1-10(2-8-13)9-14-11-3-5-12(6-4-11)15(14)17/h1-3,5,7-9,11-12H,4,6H2. The Hall–Kier alpha value is -1.70. The second-order valence-electron chi connectivity index (χ2n) is 4.69. The molecule has 3 aliphatic carbocycles. The van der Waals surface area contributed by atoms with Crippen LogP contribution < -0.4 is 0 Å². The molecule has 2 unspecified atom stereocenters. The van der Waals surface area contributed by atoms with Crippen LogP contribution in [0.2, 0.25) is 0 Å². The van der Waals surface area contributed by atoms with E-state index in [0.717, 1.165) is 24.0 Å². The molecule has 2 bridgehead atoms. The first-order valence-corrected chi connectivity index (χ1v) is 5.94. The summed E-state index contributed by atoms with van der Waals surface area (Å²) in [7, 11) is 0. The van der Waals surface area contributed by atoms with E-state index in [9.17, 15) is 9.18 Å². The summed E-state index contributed by atoms with van der Waals surface area (Å²) in [6.45, 7) is 0. The van der Waals surface area contributed by atoms with Gasteiger partial charge in [-0.1, -0.05) is 24.3 Å². The van der Waals surface area contributed by atoms with E-state index in [-0.39, 0.29) is 23.4 Å². The number of Topliss-reactive ketones (excluding diaryl/α,β-unsaturated/α-hetero) is 1. The number of carbonyl (C=O) groups excluding carboxylic acids is 1. The second kappa shape index (κ2) is 3.95. The highest BCUT2D eigenvalue weighted by atomic mass is 19.1. The van der Waals surface area contributed by atoms with Crippen LogP contribution in [0.1, 0.15) is 18.4 Å². The van der Waals surface area contributed by atoms with Crippen LogP contribution in [0.5, 0.6) is 0 Å². The number of fused-ring (bicyclic) bond motifs is 2. The maximum absolute atomic E-state index is 12.8. The molecule has 0 radical (unpaired) electrons. The zero-order valence-corrected chi connectivity index (χ0v) is 9.40. The van der Waals surface area contributed by atoms with Crippen LogP contribution in [0.4, 0.5) is 4.39 Å². The van der Waals surface area contributed by atoms with Crippen LogP contribution in [-0.2, 0) is 4.79 Å². The Balaban J connectivity index is 1.96. The van der Waals surface area contributed by atoms with E-state index in [4.69, 9.17) is 0 Å². The summed E-state index contributed by atoms with van der Waals surface area (Å²) in [4.78, 5) is 12.1. The van der Waals surface area contributed by atoms with Crippen molar-refractivity contribution in [3.63, 3.8) is 0 Å². The third-order valence-electron chi connectivity index (χ3n) is 3.58. The van der Waals surface area contributed by atoms with E-state index in [1.165, 1.54) is 12.1 Å². The largest absolute Gasteiger partial charge is 0.294 e. The van der Waals surface area contributed by atoms with Gasteiger partial charge < -0.3 is 0 Å². The molecule has 17 heavy (non-hydrogen) atoms. The lowest BCUT2D eigenvalue weighted by molar-refractivity contribution is -0.119. The lowest BCUT2D eigenvalue weighted by Gasteiger charge is -2.31. The summed E-state index contributed by atoms with van der Waals surface area (Å²) in [6.07, 6.45) is 8.09. The Bertz CT molecular complexity index is 510. The quantitative estimate of drug-likeness (QED) is 0.532. The first-order valence-electron chi connectivity index (χ1n) is 5.94. The molecule has 86 valence electrons. The van der Waals surface area contributed by atoms with Gasteiger partial charge in [-0.25, -0.2) is 4.39 Å². The number of ketones is 1. The molecule has 0 saturated heterocycles. The van der Waals surface area contributed by atoms with Gasteiger partial charge in [0.1, 0.15) is 5.82 Å². The van der Waals surface area contributed by atoms with E-state index in [1.54, 1.807) is 12.1 Å². The molecule has 1 nitrogen and oxygen atoms in total. The summed E-state index contributed by atoms with van der Waals surface area (Å²) in [6, 6.07) is 6.27. The molecule has 2 heteroatoms. The number of halogens is 1. The maximum atomic E-state index is 12.8. The Morgan fingerprint density at radius 1 is 1.06 bits per heavy atom. The number of hydrogen-bond donors (Lipinski definition) is 0. The highest BCUT2D eigenvalue weighted by Crippen LogP contribution is 2.38. The summed E-state index contributed by atoms with van der Waals surface area (Å²) in [5, 5.41) is 0. The van der Waals surface area contributed by atoms with Crippen LogP contribution in [-0.4, -0.2) is 5.78 Å². The Kier molecular flexibility index (Phi) is 2.43. The fourth-order valence-electron chi connectivity index (χ4n) is 2.61. The van der Waals surface area contributed by atoms with Gasteiger partial charge in [-0.05, 0) is 36.6 Å². The molecule has 1 saturated carbocycles. The van der Waals surface area contributed by atoms with Crippen LogP contribution in [0.15, 0.2) is 42.0 Å².